The van der Waals surface area contributed by atoms with Crippen LogP contribution in [0.4, 0.5) is 5.69 Å². The Balaban J connectivity index is 1.73. The summed E-state index contributed by atoms with van der Waals surface area (Å²) in [4.78, 5) is 28.4. The van der Waals surface area contributed by atoms with Crippen molar-refractivity contribution in [3.05, 3.63) is 59.0 Å². The molecule has 3 heterocycles. The summed E-state index contributed by atoms with van der Waals surface area (Å²) >= 11 is 5.77. The fourth-order valence-electron chi connectivity index (χ4n) is 2.98. The molecule has 2 N–H and O–H groups in total. The van der Waals surface area contributed by atoms with Crippen molar-refractivity contribution in [1.82, 2.24) is 19.9 Å². The molecule has 0 fully saturated rings. The summed E-state index contributed by atoms with van der Waals surface area (Å²) in [5, 5.41) is 3.23. The van der Waals surface area contributed by atoms with Crippen LogP contribution in [0.3, 0.4) is 0 Å². The van der Waals surface area contributed by atoms with Crippen molar-refractivity contribution in [1.29, 1.82) is 0 Å². The van der Waals surface area contributed by atoms with E-state index in [4.69, 9.17) is 11.6 Å². The molecular formula is C17H14ClN5O. The maximum atomic E-state index is 12.7. The van der Waals surface area contributed by atoms with Gasteiger partial charge in [-0.25, -0.2) is 15.0 Å². The summed E-state index contributed by atoms with van der Waals surface area (Å²) in [6.07, 6.45) is 9.39. The number of rotatable bonds is 2. The van der Waals surface area contributed by atoms with Gasteiger partial charge < -0.3 is 10.3 Å². The Kier molecular flexibility index (Phi) is 3.74. The molecule has 4 rings (SSSR count). The molecule has 3 aromatic rings. The number of hydrogen-bond acceptors (Lipinski definition) is 4. The van der Waals surface area contributed by atoms with Crippen molar-refractivity contribution in [3.63, 3.8) is 0 Å². The van der Waals surface area contributed by atoms with E-state index in [9.17, 15) is 4.79 Å². The quantitative estimate of drug-likeness (QED) is 0.702. The SMILES string of the molecule is O=C(Nc1ccc(Cl)nc1)c1c[nH]c2c1-c1ncncc1CCC2. The van der Waals surface area contributed by atoms with Gasteiger partial charge in [-0.1, -0.05) is 11.6 Å². The second-order valence-corrected chi connectivity index (χ2v) is 6.02. The van der Waals surface area contributed by atoms with Gasteiger partial charge in [-0.2, -0.15) is 0 Å². The van der Waals surface area contributed by atoms with E-state index >= 15 is 0 Å². The zero-order valence-corrected chi connectivity index (χ0v) is 13.5. The third-order valence-corrected chi connectivity index (χ3v) is 4.31. The van der Waals surface area contributed by atoms with Crippen molar-refractivity contribution in [3.8, 4) is 11.3 Å². The number of carbonyl (C=O) groups excluding carboxylic acids is 1. The molecular weight excluding hydrogens is 326 g/mol. The van der Waals surface area contributed by atoms with E-state index in [1.54, 1.807) is 18.3 Å². The first kappa shape index (κ1) is 14.8. The number of carbonyl (C=O) groups is 1. The predicted molar refractivity (Wildman–Crippen MR) is 91.0 cm³/mol. The third-order valence-electron chi connectivity index (χ3n) is 4.09. The van der Waals surface area contributed by atoms with E-state index in [1.165, 1.54) is 12.5 Å². The van der Waals surface area contributed by atoms with Crippen LogP contribution in [0.2, 0.25) is 5.15 Å². The molecule has 0 bridgehead atoms. The summed E-state index contributed by atoms with van der Waals surface area (Å²) in [6, 6.07) is 3.35. The minimum atomic E-state index is -0.205. The Morgan fingerprint density at radius 3 is 2.96 bits per heavy atom. The van der Waals surface area contributed by atoms with Gasteiger partial charge in [0, 0.05) is 23.7 Å². The van der Waals surface area contributed by atoms with Gasteiger partial charge in [0.2, 0.25) is 0 Å². The van der Waals surface area contributed by atoms with Crippen LogP contribution in [0.5, 0.6) is 0 Å². The maximum Gasteiger partial charge on any atom is 0.257 e. The Labute approximate surface area is 143 Å². The van der Waals surface area contributed by atoms with E-state index in [0.29, 0.717) is 16.4 Å². The maximum absolute atomic E-state index is 12.7. The lowest BCUT2D eigenvalue weighted by Crippen LogP contribution is -2.12. The average molecular weight is 340 g/mol. The van der Waals surface area contributed by atoms with Crippen LogP contribution in [0.25, 0.3) is 11.3 Å². The molecule has 0 aliphatic heterocycles. The highest BCUT2D eigenvalue weighted by molar-refractivity contribution is 6.29. The molecule has 1 aliphatic rings. The van der Waals surface area contributed by atoms with Crippen molar-refractivity contribution in [2.45, 2.75) is 19.3 Å². The minimum Gasteiger partial charge on any atom is -0.364 e. The number of H-pyrrole nitrogens is 1. The molecule has 0 radical (unpaired) electrons. The highest BCUT2D eigenvalue weighted by Crippen LogP contribution is 2.33. The zero-order valence-electron chi connectivity index (χ0n) is 12.7. The Hall–Kier alpha value is -2.73. The van der Waals surface area contributed by atoms with Gasteiger partial charge >= 0.3 is 0 Å². The first-order valence-corrected chi connectivity index (χ1v) is 8.02. The predicted octanol–water partition coefficient (Wildman–Crippen LogP) is 3.26. The second-order valence-electron chi connectivity index (χ2n) is 5.63. The normalized spacial score (nSPS) is 12.9. The number of hydrogen-bond donors (Lipinski definition) is 2. The van der Waals surface area contributed by atoms with Crippen molar-refractivity contribution < 1.29 is 4.79 Å². The molecule has 0 saturated heterocycles. The molecule has 0 saturated carbocycles. The molecule has 24 heavy (non-hydrogen) atoms. The van der Waals surface area contributed by atoms with Gasteiger partial charge in [0.1, 0.15) is 11.5 Å². The summed E-state index contributed by atoms with van der Waals surface area (Å²) in [6.45, 7) is 0. The van der Waals surface area contributed by atoms with Crippen LogP contribution in [-0.2, 0) is 12.8 Å². The van der Waals surface area contributed by atoms with Crippen LogP contribution in [0.15, 0.2) is 37.1 Å². The van der Waals surface area contributed by atoms with Crippen molar-refractivity contribution in [2.24, 2.45) is 0 Å². The number of aromatic nitrogens is 4. The van der Waals surface area contributed by atoms with E-state index in [-0.39, 0.29) is 5.91 Å². The summed E-state index contributed by atoms with van der Waals surface area (Å²) in [7, 11) is 0. The van der Waals surface area contributed by atoms with Gasteiger partial charge in [-0.05, 0) is 37.0 Å². The van der Waals surface area contributed by atoms with Gasteiger partial charge in [0.05, 0.1) is 23.1 Å². The summed E-state index contributed by atoms with van der Waals surface area (Å²) in [5.41, 5.74) is 4.96. The number of nitrogens with one attached hydrogen (secondary N) is 2. The molecule has 6 nitrogen and oxygen atoms in total. The molecule has 7 heteroatoms. The number of aromatic amines is 1. The molecule has 1 amide bonds. The standard InChI is InChI=1S/C17H14ClN5O/c18-14-5-4-11(7-21-14)23-17(24)12-8-20-13-3-1-2-10-6-19-9-22-16(10)15(12)13/h4-9,20H,1-3H2,(H,23,24). The fraction of sp³-hybridized carbons (Fsp3) is 0.176. The van der Waals surface area contributed by atoms with Crippen molar-refractivity contribution >= 4 is 23.2 Å². The molecule has 0 aromatic carbocycles. The summed E-state index contributed by atoms with van der Waals surface area (Å²) in [5.74, 6) is -0.205. The van der Waals surface area contributed by atoms with E-state index in [2.05, 4.69) is 25.3 Å². The first-order chi connectivity index (χ1) is 11.7. The number of fused-ring (bicyclic) bond motifs is 3. The van der Waals surface area contributed by atoms with Crippen LogP contribution >= 0.6 is 11.6 Å². The highest BCUT2D eigenvalue weighted by atomic mass is 35.5. The smallest absolute Gasteiger partial charge is 0.257 e. The number of aryl methyl sites for hydroxylation is 2. The fourth-order valence-corrected chi connectivity index (χ4v) is 3.09. The Morgan fingerprint density at radius 1 is 1.21 bits per heavy atom. The molecule has 0 spiro atoms. The van der Waals surface area contributed by atoms with Crippen LogP contribution in [0.1, 0.15) is 28.0 Å². The molecule has 0 atom stereocenters. The minimum absolute atomic E-state index is 0.205. The van der Waals surface area contributed by atoms with Gasteiger partial charge in [-0.15, -0.1) is 0 Å². The molecule has 120 valence electrons. The number of amides is 1. The Bertz CT molecular complexity index is 904. The second kappa shape index (κ2) is 6.05. The zero-order chi connectivity index (χ0) is 16.5. The number of anilines is 1. The van der Waals surface area contributed by atoms with Gasteiger partial charge in [-0.3, -0.25) is 4.79 Å². The van der Waals surface area contributed by atoms with Crippen LogP contribution < -0.4 is 5.32 Å². The Morgan fingerprint density at radius 2 is 2.12 bits per heavy atom. The number of halogens is 1. The van der Waals surface area contributed by atoms with Crippen LogP contribution in [0, 0.1) is 0 Å². The highest BCUT2D eigenvalue weighted by Gasteiger charge is 2.24. The average Bonchev–Trinajstić information content (AvgIpc) is 2.93. The largest absolute Gasteiger partial charge is 0.364 e. The molecule has 0 unspecified atom stereocenters. The van der Waals surface area contributed by atoms with Gasteiger partial charge in [0.25, 0.3) is 5.91 Å². The number of pyridine rings is 1. The topological polar surface area (TPSA) is 83.6 Å². The number of nitrogens with zero attached hydrogens (tertiary/aromatic N) is 3. The lowest BCUT2D eigenvalue weighted by Gasteiger charge is -2.08. The first-order valence-electron chi connectivity index (χ1n) is 7.65. The molecule has 3 aromatic heterocycles. The molecule has 1 aliphatic carbocycles. The lowest BCUT2D eigenvalue weighted by molar-refractivity contribution is 0.102. The van der Waals surface area contributed by atoms with Gasteiger partial charge in [0.15, 0.2) is 0 Å². The van der Waals surface area contributed by atoms with E-state index in [1.807, 2.05) is 6.20 Å². The lowest BCUT2D eigenvalue weighted by atomic mass is 10.0. The van der Waals surface area contributed by atoms with E-state index < -0.39 is 0 Å². The third kappa shape index (κ3) is 2.65. The monoisotopic (exact) mass is 339 g/mol. The summed E-state index contributed by atoms with van der Waals surface area (Å²) < 4.78 is 0. The van der Waals surface area contributed by atoms with Crippen LogP contribution in [-0.4, -0.2) is 25.8 Å². The van der Waals surface area contributed by atoms with Crippen molar-refractivity contribution in [2.75, 3.05) is 5.32 Å². The van der Waals surface area contributed by atoms with E-state index in [0.717, 1.165) is 41.8 Å².